The number of fused-ring (bicyclic) bond motifs is 2. The molecule has 10 nitrogen and oxygen atoms in total. The Labute approximate surface area is 220 Å². The highest BCUT2D eigenvalue weighted by Gasteiger charge is 2.37. The smallest absolute Gasteiger partial charge is 0.253 e. The van der Waals surface area contributed by atoms with Crippen molar-refractivity contribution in [2.24, 2.45) is 0 Å². The number of amides is 1. The van der Waals surface area contributed by atoms with Gasteiger partial charge in [0.1, 0.15) is 6.04 Å². The quantitative estimate of drug-likeness (QED) is 0.389. The first-order valence-corrected chi connectivity index (χ1v) is 12.4. The molecule has 10 heteroatoms. The number of hydrogen-bond acceptors (Lipinski definition) is 8. The van der Waals surface area contributed by atoms with Crippen molar-refractivity contribution in [3.63, 3.8) is 0 Å². The van der Waals surface area contributed by atoms with Crippen LogP contribution in [0.15, 0.2) is 60.7 Å². The third-order valence-corrected chi connectivity index (χ3v) is 7.10. The summed E-state index contributed by atoms with van der Waals surface area (Å²) in [4.78, 5) is 16.9. The molecule has 4 aromatic rings. The molecule has 38 heavy (non-hydrogen) atoms. The Hall–Kier alpha value is -4.44. The van der Waals surface area contributed by atoms with Crippen LogP contribution in [0.5, 0.6) is 17.2 Å². The minimum Gasteiger partial charge on any atom is -0.492 e. The molecule has 1 unspecified atom stereocenters. The van der Waals surface area contributed by atoms with E-state index in [-0.39, 0.29) is 18.7 Å². The molecular formula is C28H28N6O4. The van der Waals surface area contributed by atoms with Gasteiger partial charge in [-0.05, 0) is 65.4 Å². The fourth-order valence-electron chi connectivity index (χ4n) is 5.20. The van der Waals surface area contributed by atoms with Gasteiger partial charge in [-0.1, -0.05) is 30.3 Å². The van der Waals surface area contributed by atoms with E-state index in [0.717, 1.165) is 35.3 Å². The first kappa shape index (κ1) is 23.9. The zero-order chi connectivity index (χ0) is 26.2. The van der Waals surface area contributed by atoms with Crippen LogP contribution < -0.4 is 14.2 Å². The molecule has 0 fully saturated rings. The van der Waals surface area contributed by atoms with Gasteiger partial charge in [-0.3, -0.25) is 9.69 Å². The van der Waals surface area contributed by atoms with Crippen LogP contribution in [0.3, 0.4) is 0 Å². The van der Waals surface area contributed by atoms with Crippen molar-refractivity contribution in [1.29, 1.82) is 0 Å². The minimum atomic E-state index is -0.267. The van der Waals surface area contributed by atoms with Crippen molar-refractivity contribution in [3.05, 3.63) is 88.7 Å². The van der Waals surface area contributed by atoms with Crippen molar-refractivity contribution in [2.75, 3.05) is 34.5 Å². The molecule has 0 saturated carbocycles. The Bertz CT molecular complexity index is 1470. The number of aromatic nitrogens is 4. The monoisotopic (exact) mass is 512 g/mol. The number of hydrogen-bond donors (Lipinski definition) is 0. The van der Waals surface area contributed by atoms with Crippen LogP contribution >= 0.6 is 0 Å². The summed E-state index contributed by atoms with van der Waals surface area (Å²) in [5.41, 5.74) is 4.51. The predicted octanol–water partition coefficient (Wildman–Crippen LogP) is 3.25. The molecule has 3 heterocycles. The Morgan fingerprint density at radius 1 is 1.13 bits per heavy atom. The summed E-state index contributed by atoms with van der Waals surface area (Å²) in [6.45, 7) is 1.51. The first-order valence-electron chi connectivity index (χ1n) is 12.4. The highest BCUT2D eigenvalue weighted by molar-refractivity contribution is 5.94. The maximum absolute atomic E-state index is 13.0. The number of benzene rings is 3. The lowest BCUT2D eigenvalue weighted by molar-refractivity contribution is 0.0785. The van der Waals surface area contributed by atoms with Crippen molar-refractivity contribution in [3.8, 4) is 22.9 Å². The highest BCUT2D eigenvalue weighted by Crippen LogP contribution is 2.50. The van der Waals surface area contributed by atoms with E-state index in [0.29, 0.717) is 35.2 Å². The van der Waals surface area contributed by atoms with Gasteiger partial charge in [0.15, 0.2) is 17.3 Å². The number of carbonyl (C=O) groups excluding carboxylic acids is 1. The number of nitrogens with zero attached hydrogens (tertiary/aromatic N) is 6. The Balaban J connectivity index is 1.31. The summed E-state index contributed by atoms with van der Waals surface area (Å²) >= 11 is 0. The number of tetrazole rings is 1. The van der Waals surface area contributed by atoms with Crippen LogP contribution in [0.4, 0.5) is 0 Å². The van der Waals surface area contributed by atoms with Crippen LogP contribution in [-0.4, -0.2) is 70.5 Å². The van der Waals surface area contributed by atoms with Gasteiger partial charge in [0.2, 0.25) is 12.5 Å². The third kappa shape index (κ3) is 4.12. The summed E-state index contributed by atoms with van der Waals surface area (Å²) < 4.78 is 18.9. The second kappa shape index (κ2) is 9.79. The van der Waals surface area contributed by atoms with E-state index in [1.54, 1.807) is 23.7 Å². The summed E-state index contributed by atoms with van der Waals surface area (Å²) in [5.74, 6) is 2.53. The topological polar surface area (TPSA) is 94.8 Å². The van der Waals surface area contributed by atoms with Crippen molar-refractivity contribution in [1.82, 2.24) is 30.0 Å². The minimum absolute atomic E-state index is 0.0564. The van der Waals surface area contributed by atoms with Crippen molar-refractivity contribution >= 4 is 5.91 Å². The molecule has 3 aromatic carbocycles. The molecular weight excluding hydrogens is 484 g/mol. The van der Waals surface area contributed by atoms with E-state index in [1.807, 2.05) is 67.7 Å². The average Bonchev–Trinajstić information content (AvgIpc) is 3.62. The van der Waals surface area contributed by atoms with Gasteiger partial charge in [0.25, 0.3) is 5.91 Å². The van der Waals surface area contributed by atoms with Gasteiger partial charge >= 0.3 is 0 Å². The van der Waals surface area contributed by atoms with Gasteiger partial charge in [-0.2, -0.15) is 4.68 Å². The van der Waals surface area contributed by atoms with E-state index in [2.05, 4.69) is 20.4 Å². The predicted molar refractivity (Wildman–Crippen MR) is 139 cm³/mol. The maximum atomic E-state index is 13.0. The zero-order valence-electron chi connectivity index (χ0n) is 21.5. The number of likely N-dealkylation sites (N-methyl/N-ethyl adjacent to an activating group) is 1. The van der Waals surface area contributed by atoms with Crippen LogP contribution in [0.25, 0.3) is 5.69 Å². The van der Waals surface area contributed by atoms with Crippen LogP contribution in [0, 0.1) is 0 Å². The van der Waals surface area contributed by atoms with Gasteiger partial charge < -0.3 is 19.1 Å². The Kier molecular flexibility index (Phi) is 6.16. The zero-order valence-corrected chi connectivity index (χ0v) is 21.5. The molecule has 0 saturated heterocycles. The van der Waals surface area contributed by atoms with E-state index < -0.39 is 0 Å². The Morgan fingerprint density at radius 2 is 1.92 bits per heavy atom. The summed E-state index contributed by atoms with van der Waals surface area (Å²) in [6.07, 6.45) is 0.838. The molecule has 0 aliphatic carbocycles. The lowest BCUT2D eigenvalue weighted by Crippen LogP contribution is -2.35. The van der Waals surface area contributed by atoms with Crippen molar-refractivity contribution in [2.45, 2.75) is 19.0 Å². The van der Waals surface area contributed by atoms with Gasteiger partial charge in [-0.25, -0.2) is 0 Å². The second-order valence-corrected chi connectivity index (χ2v) is 9.49. The number of ether oxygens (including phenoxy) is 3. The van der Waals surface area contributed by atoms with Gasteiger partial charge in [0.05, 0.1) is 12.8 Å². The molecule has 6 rings (SSSR count). The molecule has 0 N–H and O–H groups in total. The standard InChI is InChI=1S/C28H28N6O4/c1-32-14-13-20-15-22-25(38-17-37-22)26(36-3)23(20)24(32)27-29-30-31-34(27)21-11-9-19(10-12-21)28(35)33(2)16-18-7-5-4-6-8-18/h4-12,15,24H,13-14,16-17H2,1-3H3. The molecule has 1 aromatic heterocycles. The summed E-state index contributed by atoms with van der Waals surface area (Å²) in [7, 11) is 5.48. The largest absolute Gasteiger partial charge is 0.492 e. The fraction of sp³-hybridized carbons (Fsp3) is 0.286. The van der Waals surface area contributed by atoms with Crippen LogP contribution in [0.2, 0.25) is 0 Å². The highest BCUT2D eigenvalue weighted by atomic mass is 16.7. The molecule has 1 amide bonds. The third-order valence-electron chi connectivity index (χ3n) is 7.10. The summed E-state index contributed by atoms with van der Waals surface area (Å²) in [6, 6.07) is 19.0. The molecule has 194 valence electrons. The first-order chi connectivity index (χ1) is 18.5. The SMILES string of the molecule is COc1c2c(cc3c1C(c1nnnn1-c1ccc(C(=O)N(C)Cc4ccccc4)cc1)N(C)CC3)OCO2. The van der Waals surface area contributed by atoms with E-state index in [4.69, 9.17) is 14.2 Å². The normalized spacial score (nSPS) is 16.2. The van der Waals surface area contributed by atoms with E-state index in [1.165, 1.54) is 0 Å². The van der Waals surface area contributed by atoms with E-state index in [9.17, 15) is 4.79 Å². The molecule has 0 radical (unpaired) electrons. The fourth-order valence-corrected chi connectivity index (χ4v) is 5.20. The molecule has 2 aliphatic heterocycles. The van der Waals surface area contributed by atoms with Crippen molar-refractivity contribution < 1.29 is 19.0 Å². The van der Waals surface area contributed by atoms with Gasteiger partial charge in [0, 0.05) is 31.3 Å². The Morgan fingerprint density at radius 3 is 2.68 bits per heavy atom. The lowest BCUT2D eigenvalue weighted by atomic mass is 9.90. The number of carbonyl (C=O) groups is 1. The van der Waals surface area contributed by atoms with Crippen LogP contribution in [0.1, 0.15) is 38.9 Å². The molecule has 0 bridgehead atoms. The molecule has 1 atom stereocenters. The molecule has 2 aliphatic rings. The van der Waals surface area contributed by atoms with E-state index >= 15 is 0 Å². The molecule has 0 spiro atoms. The summed E-state index contributed by atoms with van der Waals surface area (Å²) in [5, 5.41) is 12.7. The number of rotatable bonds is 6. The van der Waals surface area contributed by atoms with Gasteiger partial charge in [-0.15, -0.1) is 5.10 Å². The second-order valence-electron chi connectivity index (χ2n) is 9.49. The average molecular weight is 513 g/mol. The van der Waals surface area contributed by atoms with Crippen LogP contribution in [-0.2, 0) is 13.0 Å². The maximum Gasteiger partial charge on any atom is 0.253 e. The lowest BCUT2D eigenvalue weighted by Gasteiger charge is -2.34. The number of methoxy groups -OCH3 is 1.